The molecule has 0 amide bonds. The SMILES string of the molecule is CC(C)CCC[C@@H](C)[C@H]1CC[C@H]2[C@@H]3CC=C4C[C@@H](O)CC[C@]4(C)[C@H]3CC[C@]12C.CCCO.COCCO.NCc1ccccc1.OCCCO. The molecule has 4 aliphatic carbocycles. The first-order valence-corrected chi connectivity index (χ1v) is 20.0. The van der Waals surface area contributed by atoms with E-state index in [9.17, 15) is 5.11 Å². The molecule has 0 saturated heterocycles. The Morgan fingerprint density at radius 2 is 1.50 bits per heavy atom. The normalized spacial score (nSPS) is 29.8. The summed E-state index contributed by atoms with van der Waals surface area (Å²) >= 11 is 0. The van der Waals surface area contributed by atoms with E-state index in [0.717, 1.165) is 54.8 Å². The molecular formula is C43H79NO6. The number of allylic oxidation sites excluding steroid dienone is 1. The molecule has 5 rings (SSSR count). The summed E-state index contributed by atoms with van der Waals surface area (Å²) in [6.07, 6.45) is 18.5. The van der Waals surface area contributed by atoms with Crippen molar-refractivity contribution in [1.29, 1.82) is 0 Å². The van der Waals surface area contributed by atoms with Crippen LogP contribution in [0.1, 0.15) is 131 Å². The van der Waals surface area contributed by atoms with Gasteiger partial charge in [-0.15, -0.1) is 0 Å². The van der Waals surface area contributed by atoms with Crippen molar-refractivity contribution < 1.29 is 30.3 Å². The van der Waals surface area contributed by atoms with E-state index >= 15 is 0 Å². The Kier molecular flexibility index (Phi) is 23.9. The molecule has 0 heterocycles. The first-order chi connectivity index (χ1) is 23.9. The van der Waals surface area contributed by atoms with E-state index in [1.807, 2.05) is 37.3 Å². The summed E-state index contributed by atoms with van der Waals surface area (Å²) < 4.78 is 4.44. The number of nitrogens with two attached hydrogens (primary N) is 1. The van der Waals surface area contributed by atoms with Crippen LogP contribution >= 0.6 is 0 Å². The molecule has 0 bridgehead atoms. The number of hydrogen-bond acceptors (Lipinski definition) is 7. The number of ether oxygens (including phenoxy) is 1. The topological polar surface area (TPSA) is 136 Å². The molecule has 8 atom stereocenters. The van der Waals surface area contributed by atoms with Crippen LogP contribution in [0.5, 0.6) is 0 Å². The number of aliphatic hydroxyl groups is 5. The molecule has 50 heavy (non-hydrogen) atoms. The lowest BCUT2D eigenvalue weighted by Crippen LogP contribution is -2.50. The maximum atomic E-state index is 10.2. The Labute approximate surface area is 307 Å². The van der Waals surface area contributed by atoms with Crippen LogP contribution in [0.3, 0.4) is 0 Å². The van der Waals surface area contributed by atoms with E-state index in [0.29, 0.717) is 37.0 Å². The third kappa shape index (κ3) is 14.6. The highest BCUT2D eigenvalue weighted by atomic mass is 16.5. The van der Waals surface area contributed by atoms with E-state index in [1.54, 1.807) is 12.7 Å². The summed E-state index contributed by atoms with van der Waals surface area (Å²) in [6.45, 7) is 16.2. The average molecular weight is 706 g/mol. The molecule has 1 aromatic rings. The fraction of sp³-hybridized carbons (Fsp3) is 0.814. The molecule has 3 saturated carbocycles. The molecule has 7 heteroatoms. The number of rotatable bonds is 11. The quantitative estimate of drug-likeness (QED) is 0.129. The molecule has 0 spiro atoms. The van der Waals surface area contributed by atoms with Gasteiger partial charge in [0.15, 0.2) is 0 Å². The van der Waals surface area contributed by atoms with Crippen LogP contribution in [0.25, 0.3) is 0 Å². The van der Waals surface area contributed by atoms with Crippen molar-refractivity contribution in [2.45, 2.75) is 138 Å². The van der Waals surface area contributed by atoms with Crippen molar-refractivity contribution in [2.75, 3.05) is 40.1 Å². The molecule has 3 fully saturated rings. The molecule has 0 unspecified atom stereocenters. The van der Waals surface area contributed by atoms with Gasteiger partial charge in [0.1, 0.15) is 0 Å². The molecule has 292 valence electrons. The Balaban J connectivity index is 0.000000461. The van der Waals surface area contributed by atoms with Gasteiger partial charge < -0.3 is 36.0 Å². The van der Waals surface area contributed by atoms with Gasteiger partial charge in [-0.3, -0.25) is 0 Å². The molecule has 4 aliphatic rings. The van der Waals surface area contributed by atoms with Gasteiger partial charge in [-0.05, 0) is 116 Å². The fourth-order valence-electron chi connectivity index (χ4n) is 9.44. The zero-order valence-corrected chi connectivity index (χ0v) is 33.2. The average Bonchev–Trinajstić information content (AvgIpc) is 3.48. The van der Waals surface area contributed by atoms with Gasteiger partial charge in [0.2, 0.25) is 0 Å². The molecular weight excluding hydrogens is 626 g/mol. The van der Waals surface area contributed by atoms with Gasteiger partial charge in [0.05, 0.1) is 19.3 Å². The smallest absolute Gasteiger partial charge is 0.0693 e. The summed E-state index contributed by atoms with van der Waals surface area (Å²) in [4.78, 5) is 0. The lowest BCUT2D eigenvalue weighted by atomic mass is 9.47. The second-order valence-corrected chi connectivity index (χ2v) is 16.1. The van der Waals surface area contributed by atoms with E-state index in [4.69, 9.17) is 26.2 Å². The molecule has 7 N–H and O–H groups in total. The molecule has 0 aromatic heterocycles. The molecule has 7 nitrogen and oxygen atoms in total. The predicted molar refractivity (Wildman–Crippen MR) is 209 cm³/mol. The van der Waals surface area contributed by atoms with Gasteiger partial charge in [-0.25, -0.2) is 0 Å². The third-order valence-corrected chi connectivity index (χ3v) is 12.2. The highest BCUT2D eigenvalue weighted by Crippen LogP contribution is 2.67. The zero-order chi connectivity index (χ0) is 37.6. The van der Waals surface area contributed by atoms with Crippen molar-refractivity contribution in [3.05, 3.63) is 47.5 Å². The van der Waals surface area contributed by atoms with Gasteiger partial charge >= 0.3 is 0 Å². The van der Waals surface area contributed by atoms with Crippen LogP contribution in [0.2, 0.25) is 0 Å². The summed E-state index contributed by atoms with van der Waals surface area (Å²) in [6, 6.07) is 9.99. The van der Waals surface area contributed by atoms with Crippen LogP contribution in [-0.2, 0) is 11.3 Å². The van der Waals surface area contributed by atoms with Crippen LogP contribution in [0, 0.1) is 46.3 Å². The second kappa shape index (κ2) is 25.6. The van der Waals surface area contributed by atoms with Crippen LogP contribution in [-0.4, -0.2) is 71.8 Å². The first-order valence-electron chi connectivity index (χ1n) is 20.0. The van der Waals surface area contributed by atoms with Gasteiger partial charge in [-0.2, -0.15) is 0 Å². The van der Waals surface area contributed by atoms with E-state index in [-0.39, 0.29) is 25.9 Å². The van der Waals surface area contributed by atoms with Crippen molar-refractivity contribution in [2.24, 2.45) is 52.1 Å². The first kappa shape index (κ1) is 46.7. The van der Waals surface area contributed by atoms with Gasteiger partial charge in [0.25, 0.3) is 0 Å². The van der Waals surface area contributed by atoms with Crippen molar-refractivity contribution in [3.63, 3.8) is 0 Å². The Morgan fingerprint density at radius 1 is 0.840 bits per heavy atom. The zero-order valence-electron chi connectivity index (χ0n) is 33.2. The minimum atomic E-state index is -0.0766. The maximum absolute atomic E-state index is 10.2. The van der Waals surface area contributed by atoms with Crippen molar-refractivity contribution in [3.8, 4) is 0 Å². The number of fused-ring (bicyclic) bond motifs is 5. The Hall–Kier alpha value is -1.32. The second-order valence-electron chi connectivity index (χ2n) is 16.1. The van der Waals surface area contributed by atoms with E-state index in [2.05, 4.69) is 45.4 Å². The standard InChI is InChI=1S/C27H46O.C7H9N.2C3H8O2.C3H8O/c1-18(2)7-6-8-19(3)23-11-12-24-22-10-9-20-17-21(28)13-15-26(20,4)25(22)14-16-27(23,24)5;8-6-7-4-2-1-3-5-7;1-5-3-2-4;4-2-1-3-5;1-2-3-4/h9,18-19,21-25,28H,6-8,10-17H2,1-5H3;1-5H,6,8H2;4H,2-3H2,1H3;4-5H,1-3H2;4H,2-3H2,1H3/t19-,21+,22+,23-,24+,25+,26+,27-;;;;/m1..../s1. The minimum Gasteiger partial charge on any atom is -0.396 e. The summed E-state index contributed by atoms with van der Waals surface area (Å²) in [5.74, 6) is 5.46. The highest BCUT2D eigenvalue weighted by Gasteiger charge is 2.59. The predicted octanol–water partition coefficient (Wildman–Crippen LogP) is 7.91. The minimum absolute atomic E-state index is 0.0766. The highest BCUT2D eigenvalue weighted by molar-refractivity contribution is 5.25. The van der Waals surface area contributed by atoms with Crippen LogP contribution < -0.4 is 5.73 Å². The third-order valence-electron chi connectivity index (χ3n) is 12.2. The van der Waals surface area contributed by atoms with Gasteiger partial charge in [0, 0.05) is 33.5 Å². The van der Waals surface area contributed by atoms with E-state index < -0.39 is 0 Å². The molecule has 0 aliphatic heterocycles. The van der Waals surface area contributed by atoms with E-state index in [1.165, 1.54) is 63.4 Å². The number of methoxy groups -OCH3 is 1. The summed E-state index contributed by atoms with van der Waals surface area (Å²) in [5, 5.41) is 41.8. The fourth-order valence-corrected chi connectivity index (χ4v) is 9.44. The largest absolute Gasteiger partial charge is 0.396 e. The lowest BCUT2D eigenvalue weighted by molar-refractivity contribution is -0.0573. The monoisotopic (exact) mass is 706 g/mol. The lowest BCUT2D eigenvalue weighted by Gasteiger charge is -2.58. The number of hydrogen-bond donors (Lipinski definition) is 6. The number of benzene rings is 1. The number of aliphatic hydroxyl groups excluding tert-OH is 5. The van der Waals surface area contributed by atoms with Crippen LogP contribution in [0.4, 0.5) is 0 Å². The molecule has 0 radical (unpaired) electrons. The summed E-state index contributed by atoms with van der Waals surface area (Å²) in [7, 11) is 1.55. The van der Waals surface area contributed by atoms with Crippen molar-refractivity contribution in [1.82, 2.24) is 0 Å². The van der Waals surface area contributed by atoms with Gasteiger partial charge in [-0.1, -0.05) is 103 Å². The van der Waals surface area contributed by atoms with Crippen LogP contribution in [0.15, 0.2) is 42.0 Å². The van der Waals surface area contributed by atoms with Crippen molar-refractivity contribution >= 4 is 0 Å². The Bertz CT molecular complexity index is 992. The summed E-state index contributed by atoms with van der Waals surface area (Å²) in [5.41, 5.74) is 9.14. The Morgan fingerprint density at radius 3 is 1.98 bits per heavy atom. The molecule has 1 aromatic carbocycles. The maximum Gasteiger partial charge on any atom is 0.0693 e.